The van der Waals surface area contributed by atoms with Gasteiger partial charge in [-0.05, 0) is 43.2 Å². The van der Waals surface area contributed by atoms with E-state index in [0.29, 0.717) is 17.5 Å². The van der Waals surface area contributed by atoms with Crippen molar-refractivity contribution in [2.75, 3.05) is 5.32 Å². The number of pyridine rings is 1. The molecular weight excluding hydrogens is 449 g/mol. The maximum atomic E-state index is 13.3. The minimum absolute atomic E-state index is 0.206. The number of rotatable bonds is 4. The summed E-state index contributed by atoms with van der Waals surface area (Å²) in [7, 11) is 0. The number of nitrogens with one attached hydrogen (secondary N) is 1. The number of alkyl halides is 3. The van der Waals surface area contributed by atoms with Crippen molar-refractivity contribution < 1.29 is 27.5 Å². The third-order valence-corrected chi connectivity index (χ3v) is 5.39. The highest BCUT2D eigenvalue weighted by atomic mass is 35.5. The van der Waals surface area contributed by atoms with Crippen LogP contribution in [0.2, 0.25) is 5.02 Å². The zero-order chi connectivity index (χ0) is 23.0. The molecule has 0 saturated carbocycles. The summed E-state index contributed by atoms with van der Waals surface area (Å²) < 4.78 is 42.9. The number of fused-ring (bicyclic) bond motifs is 1. The first-order valence-corrected chi connectivity index (χ1v) is 9.90. The molecule has 2 atom stereocenters. The molecule has 1 N–H and O–H groups in total. The Morgan fingerprint density at radius 3 is 2.72 bits per heavy atom. The number of amides is 1. The van der Waals surface area contributed by atoms with Crippen LogP contribution in [0.4, 0.5) is 18.9 Å². The molecule has 11 heteroatoms. The highest BCUT2D eigenvalue weighted by Gasteiger charge is 2.37. The number of anilines is 1. The van der Waals surface area contributed by atoms with Crippen LogP contribution in [-0.4, -0.2) is 32.8 Å². The first-order chi connectivity index (χ1) is 15.1. The maximum absolute atomic E-state index is 13.3. The monoisotopic (exact) mass is 464 g/mol. The molecule has 4 rings (SSSR count). The fourth-order valence-electron chi connectivity index (χ4n) is 3.67. The molecule has 1 amide bonds. The van der Waals surface area contributed by atoms with Crippen LogP contribution in [0.5, 0.6) is 5.75 Å². The summed E-state index contributed by atoms with van der Waals surface area (Å²) in [5.74, 6) is -2.01. The minimum Gasteiger partial charge on any atom is -0.404 e. The summed E-state index contributed by atoms with van der Waals surface area (Å²) >= 11 is 5.97. The van der Waals surface area contributed by atoms with Crippen molar-refractivity contribution in [3.8, 4) is 5.75 Å². The van der Waals surface area contributed by atoms with Crippen LogP contribution in [0, 0.1) is 0 Å². The quantitative estimate of drug-likeness (QED) is 0.586. The fourth-order valence-corrected chi connectivity index (χ4v) is 3.89. The standard InChI is InChI=1S/C21H16ClF3N4O3/c1-11-7-14(12-4-5-17(15(22)8-12)32-21(23,24)25)19(30)18-16(10-27-29(11)18)28-20(31)13-3-2-6-26-9-13/h2-6,8-11,14H,7H2,1H3,(H,28,31)/t11-,14?/m0/s1. The van der Waals surface area contributed by atoms with Gasteiger partial charge in [-0.1, -0.05) is 17.7 Å². The summed E-state index contributed by atoms with van der Waals surface area (Å²) in [6, 6.07) is 6.74. The molecule has 7 nitrogen and oxygen atoms in total. The van der Waals surface area contributed by atoms with Crippen molar-refractivity contribution in [1.82, 2.24) is 14.8 Å². The Morgan fingerprint density at radius 1 is 1.28 bits per heavy atom. The van der Waals surface area contributed by atoms with Crippen LogP contribution >= 0.6 is 11.6 Å². The van der Waals surface area contributed by atoms with Crippen molar-refractivity contribution >= 4 is 29.0 Å². The van der Waals surface area contributed by atoms with Gasteiger partial charge in [0.1, 0.15) is 11.4 Å². The Bertz CT molecular complexity index is 1180. The number of hydrogen-bond donors (Lipinski definition) is 1. The van der Waals surface area contributed by atoms with Crippen LogP contribution < -0.4 is 10.1 Å². The molecule has 1 unspecified atom stereocenters. The Hall–Kier alpha value is -3.40. The number of ether oxygens (including phenoxy) is 1. The van der Waals surface area contributed by atoms with Gasteiger partial charge in [-0.25, -0.2) is 0 Å². The molecule has 1 aromatic carbocycles. The van der Waals surface area contributed by atoms with Gasteiger partial charge in [-0.15, -0.1) is 13.2 Å². The topological polar surface area (TPSA) is 86.1 Å². The smallest absolute Gasteiger partial charge is 0.404 e. The van der Waals surface area contributed by atoms with E-state index in [9.17, 15) is 22.8 Å². The van der Waals surface area contributed by atoms with Crippen LogP contribution in [0.25, 0.3) is 0 Å². The van der Waals surface area contributed by atoms with E-state index in [4.69, 9.17) is 11.6 Å². The van der Waals surface area contributed by atoms with E-state index in [-0.39, 0.29) is 28.2 Å². The number of aromatic nitrogens is 3. The molecule has 0 aliphatic carbocycles. The van der Waals surface area contributed by atoms with Gasteiger partial charge in [0, 0.05) is 12.4 Å². The zero-order valence-corrected chi connectivity index (χ0v) is 17.3. The lowest BCUT2D eigenvalue weighted by Gasteiger charge is -2.28. The molecule has 0 radical (unpaired) electrons. The van der Waals surface area contributed by atoms with Crippen molar-refractivity contribution in [3.63, 3.8) is 0 Å². The molecule has 0 fully saturated rings. The predicted octanol–water partition coefficient (Wildman–Crippen LogP) is 5.01. The number of halogens is 4. The molecule has 3 heterocycles. The SMILES string of the molecule is C[C@H]1CC(c2ccc(OC(F)(F)F)c(Cl)c2)C(=O)c2c(NC(=O)c3cccnc3)cnn21. The van der Waals surface area contributed by atoms with Crippen LogP contribution in [0.15, 0.2) is 48.9 Å². The average molecular weight is 465 g/mol. The molecule has 0 bridgehead atoms. The predicted molar refractivity (Wildman–Crippen MR) is 109 cm³/mol. The molecule has 0 spiro atoms. The van der Waals surface area contributed by atoms with Gasteiger partial charge in [0.25, 0.3) is 5.91 Å². The number of ketones is 1. The van der Waals surface area contributed by atoms with E-state index in [1.54, 1.807) is 12.1 Å². The second-order valence-electron chi connectivity index (χ2n) is 7.29. The van der Waals surface area contributed by atoms with Gasteiger partial charge in [-0.2, -0.15) is 5.10 Å². The number of hydrogen-bond acceptors (Lipinski definition) is 5. The van der Waals surface area contributed by atoms with E-state index in [1.807, 2.05) is 6.92 Å². The normalized spacial score (nSPS) is 18.2. The Morgan fingerprint density at radius 2 is 2.06 bits per heavy atom. The molecule has 2 aromatic heterocycles. The van der Waals surface area contributed by atoms with Crippen molar-refractivity contribution in [1.29, 1.82) is 0 Å². The average Bonchev–Trinajstić information content (AvgIpc) is 3.16. The number of benzene rings is 1. The molecule has 32 heavy (non-hydrogen) atoms. The number of carbonyl (C=O) groups excluding carboxylic acids is 2. The second kappa shape index (κ2) is 8.27. The lowest BCUT2D eigenvalue weighted by atomic mass is 9.84. The molecule has 1 aliphatic heterocycles. The second-order valence-corrected chi connectivity index (χ2v) is 7.69. The maximum Gasteiger partial charge on any atom is 0.573 e. The molecular formula is C21H16ClF3N4O3. The molecule has 3 aromatic rings. The lowest BCUT2D eigenvalue weighted by molar-refractivity contribution is -0.274. The number of nitrogens with zero attached hydrogens (tertiary/aromatic N) is 3. The lowest BCUT2D eigenvalue weighted by Crippen LogP contribution is -2.29. The first kappa shape index (κ1) is 21.8. The first-order valence-electron chi connectivity index (χ1n) is 9.52. The Kier molecular flexibility index (Phi) is 5.64. The van der Waals surface area contributed by atoms with E-state index < -0.39 is 23.9 Å². The van der Waals surface area contributed by atoms with Crippen molar-refractivity contribution in [2.24, 2.45) is 0 Å². The number of Topliss-reactive ketones (excluding diaryl/α,β-unsaturated/α-hetero) is 1. The summed E-state index contributed by atoms with van der Waals surface area (Å²) in [6.45, 7) is 1.85. The minimum atomic E-state index is -4.88. The van der Waals surface area contributed by atoms with E-state index >= 15 is 0 Å². The van der Waals surface area contributed by atoms with Crippen LogP contribution in [-0.2, 0) is 0 Å². The Balaban J connectivity index is 1.63. The van der Waals surface area contributed by atoms with Crippen molar-refractivity contribution in [3.05, 3.63) is 70.8 Å². The summed E-state index contributed by atoms with van der Waals surface area (Å²) in [6.07, 6.45) is -0.198. The van der Waals surface area contributed by atoms with Gasteiger partial charge < -0.3 is 10.1 Å². The van der Waals surface area contributed by atoms with Gasteiger partial charge in [0.15, 0.2) is 5.78 Å². The highest BCUT2D eigenvalue weighted by Crippen LogP contribution is 2.40. The van der Waals surface area contributed by atoms with E-state index in [2.05, 4.69) is 20.1 Å². The fraction of sp³-hybridized carbons (Fsp3) is 0.238. The van der Waals surface area contributed by atoms with Gasteiger partial charge >= 0.3 is 6.36 Å². The third-order valence-electron chi connectivity index (χ3n) is 5.10. The third kappa shape index (κ3) is 4.31. The summed E-state index contributed by atoms with van der Waals surface area (Å²) in [5, 5.41) is 6.65. The van der Waals surface area contributed by atoms with Crippen LogP contribution in [0.1, 0.15) is 51.7 Å². The van der Waals surface area contributed by atoms with Gasteiger partial charge in [-0.3, -0.25) is 19.3 Å². The molecule has 1 aliphatic rings. The van der Waals surface area contributed by atoms with Gasteiger partial charge in [0.05, 0.1) is 34.4 Å². The molecule has 0 saturated heterocycles. The van der Waals surface area contributed by atoms with E-state index in [0.717, 1.165) is 6.07 Å². The summed E-state index contributed by atoms with van der Waals surface area (Å²) in [5.41, 5.74) is 1.20. The van der Waals surface area contributed by atoms with E-state index in [1.165, 1.54) is 35.4 Å². The van der Waals surface area contributed by atoms with Crippen LogP contribution in [0.3, 0.4) is 0 Å². The number of carbonyl (C=O) groups is 2. The zero-order valence-electron chi connectivity index (χ0n) is 16.6. The largest absolute Gasteiger partial charge is 0.573 e. The van der Waals surface area contributed by atoms with Gasteiger partial charge in [0.2, 0.25) is 0 Å². The molecule has 166 valence electrons. The summed E-state index contributed by atoms with van der Waals surface area (Å²) in [4.78, 5) is 29.7. The van der Waals surface area contributed by atoms with Crippen molar-refractivity contribution in [2.45, 2.75) is 31.7 Å². The highest BCUT2D eigenvalue weighted by molar-refractivity contribution is 6.32. The Labute approximate surface area is 185 Å².